The minimum atomic E-state index is -4.80. The van der Waals surface area contributed by atoms with Crippen LogP contribution in [-0.4, -0.2) is 17.3 Å². The van der Waals surface area contributed by atoms with Crippen molar-refractivity contribution < 1.29 is 27.4 Å². The highest BCUT2D eigenvalue weighted by molar-refractivity contribution is 6.42. The molecule has 1 fully saturated rings. The van der Waals surface area contributed by atoms with E-state index in [9.17, 15) is 18.0 Å². The first-order chi connectivity index (χ1) is 15.2. The zero-order chi connectivity index (χ0) is 22.9. The van der Waals surface area contributed by atoms with Crippen LogP contribution in [0.25, 0.3) is 0 Å². The largest absolute Gasteiger partial charge is 0.573 e. The highest BCUT2D eigenvalue weighted by Gasteiger charge is 2.31. The number of benzene rings is 2. The summed E-state index contributed by atoms with van der Waals surface area (Å²) in [6.07, 6.45) is 0.685. The van der Waals surface area contributed by atoms with Crippen LogP contribution in [0, 0.1) is 0 Å². The molecule has 0 bridgehead atoms. The second kappa shape index (κ2) is 8.88. The van der Waals surface area contributed by atoms with E-state index in [0.717, 1.165) is 30.5 Å². The lowest BCUT2D eigenvalue weighted by Gasteiger charge is -2.14. The molecule has 1 aliphatic rings. The number of alkyl halides is 3. The molecule has 0 atom stereocenters. The Morgan fingerprint density at radius 2 is 1.66 bits per heavy atom. The average Bonchev–Trinajstić information content (AvgIpc) is 3.56. The summed E-state index contributed by atoms with van der Waals surface area (Å²) in [5.41, 5.74) is 1.66. The molecule has 1 heterocycles. The van der Waals surface area contributed by atoms with E-state index < -0.39 is 18.0 Å². The zero-order valence-corrected chi connectivity index (χ0v) is 17.8. The van der Waals surface area contributed by atoms with Crippen molar-refractivity contribution in [2.75, 3.05) is 5.32 Å². The van der Waals surface area contributed by atoms with Crippen LogP contribution in [0.3, 0.4) is 0 Å². The highest BCUT2D eigenvalue weighted by atomic mass is 35.5. The minimum Gasteiger partial charge on any atom is -0.456 e. The molecule has 3 aromatic rings. The number of aromatic nitrogens is 1. The van der Waals surface area contributed by atoms with Crippen molar-refractivity contribution in [3.05, 3.63) is 76.0 Å². The number of nitrogens with one attached hydrogen (secondary N) is 1. The van der Waals surface area contributed by atoms with Gasteiger partial charge in [-0.05, 0) is 60.7 Å². The van der Waals surface area contributed by atoms with Crippen molar-refractivity contribution in [3.63, 3.8) is 0 Å². The summed E-state index contributed by atoms with van der Waals surface area (Å²) in [4.78, 5) is 17.1. The van der Waals surface area contributed by atoms with E-state index in [1.54, 1.807) is 6.20 Å². The smallest absolute Gasteiger partial charge is 0.456 e. The van der Waals surface area contributed by atoms with Gasteiger partial charge in [-0.2, -0.15) is 0 Å². The molecule has 1 aliphatic carbocycles. The molecule has 0 aliphatic heterocycles. The summed E-state index contributed by atoms with van der Waals surface area (Å²) in [7, 11) is 0. The predicted octanol–water partition coefficient (Wildman–Crippen LogP) is 7.21. The zero-order valence-electron chi connectivity index (χ0n) is 16.2. The molecular weight excluding hydrogens is 468 g/mol. The van der Waals surface area contributed by atoms with Gasteiger partial charge in [-0.3, -0.25) is 9.78 Å². The van der Waals surface area contributed by atoms with Gasteiger partial charge in [-0.25, -0.2) is 0 Å². The predicted molar refractivity (Wildman–Crippen MR) is 114 cm³/mol. The van der Waals surface area contributed by atoms with Crippen LogP contribution in [0.4, 0.5) is 18.9 Å². The molecule has 166 valence electrons. The molecule has 0 saturated heterocycles. The molecular formula is C22H15Cl2F3N2O3. The number of nitrogens with zero attached hydrogens (tertiary/aromatic N) is 1. The summed E-state index contributed by atoms with van der Waals surface area (Å²) < 4.78 is 46.5. The van der Waals surface area contributed by atoms with Crippen LogP contribution in [0.15, 0.2) is 54.9 Å². The van der Waals surface area contributed by atoms with Gasteiger partial charge in [0, 0.05) is 12.3 Å². The second-order valence-corrected chi connectivity index (χ2v) is 7.93. The number of hydrogen-bond acceptors (Lipinski definition) is 4. The first-order valence-electron chi connectivity index (χ1n) is 9.47. The normalized spacial score (nSPS) is 13.5. The van der Waals surface area contributed by atoms with Crippen molar-refractivity contribution in [2.45, 2.75) is 25.1 Å². The number of carbonyl (C=O) groups excluding carboxylic acids is 1. The Hall–Kier alpha value is -2.97. The summed E-state index contributed by atoms with van der Waals surface area (Å²) in [5.74, 6) is -0.199. The second-order valence-electron chi connectivity index (χ2n) is 7.12. The van der Waals surface area contributed by atoms with E-state index in [0.29, 0.717) is 11.6 Å². The molecule has 4 rings (SSSR count). The van der Waals surface area contributed by atoms with E-state index in [1.165, 1.54) is 30.5 Å². The topological polar surface area (TPSA) is 60.5 Å². The number of carbonyl (C=O) groups is 1. The van der Waals surface area contributed by atoms with Gasteiger partial charge >= 0.3 is 6.36 Å². The fourth-order valence-corrected chi connectivity index (χ4v) is 3.31. The van der Waals surface area contributed by atoms with E-state index in [2.05, 4.69) is 15.0 Å². The third kappa shape index (κ3) is 5.63. The van der Waals surface area contributed by atoms with Crippen LogP contribution < -0.4 is 14.8 Å². The van der Waals surface area contributed by atoms with Gasteiger partial charge in [0.05, 0.1) is 27.5 Å². The van der Waals surface area contributed by atoms with Crippen LogP contribution in [0.1, 0.15) is 34.7 Å². The lowest BCUT2D eigenvalue weighted by atomic mass is 10.1. The van der Waals surface area contributed by atoms with Gasteiger partial charge < -0.3 is 14.8 Å². The fourth-order valence-electron chi connectivity index (χ4n) is 2.99. The third-order valence-electron chi connectivity index (χ3n) is 4.62. The summed E-state index contributed by atoms with van der Waals surface area (Å²) in [6, 6.07) is 9.30. The summed E-state index contributed by atoms with van der Waals surface area (Å²) in [6.45, 7) is 0. The Labute approximate surface area is 191 Å². The maximum Gasteiger partial charge on any atom is 0.573 e. The molecule has 5 nitrogen and oxygen atoms in total. The van der Waals surface area contributed by atoms with Gasteiger partial charge in [0.15, 0.2) is 0 Å². The molecule has 0 unspecified atom stereocenters. The van der Waals surface area contributed by atoms with Crippen LogP contribution in [0.5, 0.6) is 17.2 Å². The average molecular weight is 483 g/mol. The number of rotatable bonds is 6. The standard InChI is InChI=1S/C22H15Cl2F3N2O3/c23-18-8-17(21(30)29-14-7-13(10-28-11-14)12-1-2-12)20(9-19(18)24)31-15-3-5-16(6-4-15)32-22(25,26)27/h3-12H,1-2H2,(H,29,30). The van der Waals surface area contributed by atoms with Gasteiger partial charge in [0.25, 0.3) is 5.91 Å². The first kappa shape index (κ1) is 22.2. The quantitative estimate of drug-likeness (QED) is 0.403. The van der Waals surface area contributed by atoms with Crippen molar-refractivity contribution in [1.82, 2.24) is 4.98 Å². The Balaban J connectivity index is 1.56. The molecule has 32 heavy (non-hydrogen) atoms. The third-order valence-corrected chi connectivity index (χ3v) is 5.34. The summed E-state index contributed by atoms with van der Waals surface area (Å²) >= 11 is 12.2. The molecule has 2 aromatic carbocycles. The Morgan fingerprint density at radius 3 is 2.31 bits per heavy atom. The van der Waals surface area contributed by atoms with Gasteiger partial charge in [0.1, 0.15) is 17.2 Å². The number of anilines is 1. The van der Waals surface area contributed by atoms with Gasteiger partial charge in [-0.1, -0.05) is 23.2 Å². The molecule has 0 spiro atoms. The van der Waals surface area contributed by atoms with E-state index >= 15 is 0 Å². The number of halogens is 5. The number of pyridine rings is 1. The molecule has 0 radical (unpaired) electrons. The molecule has 1 amide bonds. The van der Waals surface area contributed by atoms with Crippen molar-refractivity contribution >= 4 is 34.8 Å². The minimum absolute atomic E-state index is 0.0766. The van der Waals surface area contributed by atoms with Crippen molar-refractivity contribution in [2.24, 2.45) is 0 Å². The Kier molecular flexibility index (Phi) is 6.17. The maximum absolute atomic E-state index is 12.9. The monoisotopic (exact) mass is 482 g/mol. The van der Waals surface area contributed by atoms with Crippen LogP contribution in [0.2, 0.25) is 10.0 Å². The number of amides is 1. The van der Waals surface area contributed by atoms with Crippen molar-refractivity contribution in [1.29, 1.82) is 0 Å². The van der Waals surface area contributed by atoms with Crippen LogP contribution >= 0.6 is 23.2 Å². The molecule has 1 saturated carbocycles. The lowest BCUT2D eigenvalue weighted by Crippen LogP contribution is -2.17. The molecule has 1 aromatic heterocycles. The molecule has 10 heteroatoms. The van der Waals surface area contributed by atoms with Crippen LogP contribution in [-0.2, 0) is 0 Å². The fraction of sp³-hybridized carbons (Fsp3) is 0.182. The lowest BCUT2D eigenvalue weighted by molar-refractivity contribution is -0.274. The van der Waals surface area contributed by atoms with Crippen molar-refractivity contribution in [3.8, 4) is 17.2 Å². The highest BCUT2D eigenvalue weighted by Crippen LogP contribution is 2.40. The first-order valence-corrected chi connectivity index (χ1v) is 10.2. The number of ether oxygens (including phenoxy) is 2. The summed E-state index contributed by atoms with van der Waals surface area (Å²) in [5, 5.41) is 3.05. The molecule has 1 N–H and O–H groups in total. The van der Waals surface area contributed by atoms with E-state index in [4.69, 9.17) is 27.9 Å². The van der Waals surface area contributed by atoms with E-state index in [1.807, 2.05) is 6.07 Å². The SMILES string of the molecule is O=C(Nc1cncc(C2CC2)c1)c1cc(Cl)c(Cl)cc1Oc1ccc(OC(F)(F)F)cc1. The maximum atomic E-state index is 12.9. The Bertz CT molecular complexity index is 1150. The van der Waals surface area contributed by atoms with Gasteiger partial charge in [-0.15, -0.1) is 13.2 Å². The number of hydrogen-bond donors (Lipinski definition) is 1. The van der Waals surface area contributed by atoms with E-state index in [-0.39, 0.29) is 27.1 Å². The Morgan fingerprint density at radius 1 is 1.00 bits per heavy atom. The van der Waals surface area contributed by atoms with Gasteiger partial charge in [0.2, 0.25) is 0 Å².